The third-order valence-corrected chi connectivity index (χ3v) is 5.92. The summed E-state index contributed by atoms with van der Waals surface area (Å²) in [6.45, 7) is 0.716. The number of nitrogens with zero attached hydrogens (tertiary/aromatic N) is 2. The quantitative estimate of drug-likeness (QED) is 0.238. The number of ether oxygens (including phenoxy) is 1. The number of hydrogen-bond donors (Lipinski definition) is 2. The molecule has 0 fully saturated rings. The van der Waals surface area contributed by atoms with Crippen LogP contribution < -0.4 is 15.4 Å². The summed E-state index contributed by atoms with van der Waals surface area (Å²) in [6, 6.07) is 11.9. The lowest BCUT2D eigenvalue weighted by atomic mass is 10.2. The highest BCUT2D eigenvalue weighted by Gasteiger charge is 2.33. The van der Waals surface area contributed by atoms with Crippen LogP contribution in [0.2, 0.25) is 0 Å². The van der Waals surface area contributed by atoms with E-state index in [1.165, 1.54) is 0 Å². The number of thiazole rings is 1. The standard InChI is InChI=1S/C19H19F3N4OS2.HI/c1-23-18(25-10-17-26-16(11-28-17)19(20,21)22)24-9-14-7-8-15(29-14)12-3-5-13(27-2)6-4-12;/h3-8,11H,9-10H2,1-2H3,(H2,23,24,25);1H. The molecule has 0 unspecified atom stereocenters. The van der Waals surface area contributed by atoms with Crippen LogP contribution in [0.5, 0.6) is 5.75 Å². The number of hydrogen-bond acceptors (Lipinski definition) is 5. The van der Waals surface area contributed by atoms with Crippen LogP contribution in [0.15, 0.2) is 46.8 Å². The first kappa shape index (κ1) is 24.4. The van der Waals surface area contributed by atoms with Gasteiger partial charge in [-0.25, -0.2) is 4.98 Å². The molecule has 2 heterocycles. The van der Waals surface area contributed by atoms with E-state index in [2.05, 4.69) is 20.6 Å². The number of thiophene rings is 1. The van der Waals surface area contributed by atoms with Gasteiger partial charge in [0, 0.05) is 22.2 Å². The van der Waals surface area contributed by atoms with Gasteiger partial charge in [0.05, 0.1) is 20.2 Å². The fourth-order valence-electron chi connectivity index (χ4n) is 2.46. The van der Waals surface area contributed by atoms with Crippen LogP contribution in [-0.4, -0.2) is 25.1 Å². The lowest BCUT2D eigenvalue weighted by Crippen LogP contribution is -2.36. The van der Waals surface area contributed by atoms with Gasteiger partial charge in [0.1, 0.15) is 10.8 Å². The minimum atomic E-state index is -4.42. The first-order chi connectivity index (χ1) is 13.9. The third-order valence-electron chi connectivity index (χ3n) is 3.94. The van der Waals surface area contributed by atoms with E-state index in [0.29, 0.717) is 17.5 Å². The monoisotopic (exact) mass is 568 g/mol. The van der Waals surface area contributed by atoms with Gasteiger partial charge in [0.15, 0.2) is 11.7 Å². The molecule has 3 rings (SSSR count). The van der Waals surface area contributed by atoms with Gasteiger partial charge in [0.25, 0.3) is 0 Å². The topological polar surface area (TPSA) is 58.5 Å². The Morgan fingerprint density at radius 2 is 1.80 bits per heavy atom. The molecule has 3 aromatic rings. The maximum Gasteiger partial charge on any atom is 0.434 e. The predicted octanol–water partition coefficient (Wildman–Crippen LogP) is 5.38. The first-order valence-electron chi connectivity index (χ1n) is 8.58. The van der Waals surface area contributed by atoms with Crippen molar-refractivity contribution in [3.8, 4) is 16.2 Å². The van der Waals surface area contributed by atoms with E-state index in [-0.39, 0.29) is 30.5 Å². The van der Waals surface area contributed by atoms with Crippen molar-refractivity contribution >= 4 is 52.6 Å². The molecule has 162 valence electrons. The number of aromatic nitrogens is 1. The van der Waals surface area contributed by atoms with Gasteiger partial charge in [-0.05, 0) is 42.0 Å². The van der Waals surface area contributed by atoms with Gasteiger partial charge in [-0.2, -0.15) is 13.2 Å². The van der Waals surface area contributed by atoms with E-state index >= 15 is 0 Å². The number of rotatable bonds is 6. The van der Waals surface area contributed by atoms with Crippen LogP contribution in [-0.2, 0) is 19.3 Å². The van der Waals surface area contributed by atoms with Crippen LogP contribution in [0.1, 0.15) is 15.6 Å². The van der Waals surface area contributed by atoms with Crippen LogP contribution in [0.4, 0.5) is 13.2 Å². The molecule has 0 saturated heterocycles. The molecule has 0 saturated carbocycles. The molecule has 2 N–H and O–H groups in total. The van der Waals surface area contributed by atoms with E-state index < -0.39 is 11.9 Å². The van der Waals surface area contributed by atoms with Crippen molar-refractivity contribution in [3.63, 3.8) is 0 Å². The number of methoxy groups -OCH3 is 1. The summed E-state index contributed by atoms with van der Waals surface area (Å²) < 4.78 is 43.0. The maximum atomic E-state index is 12.6. The number of alkyl halides is 3. The average molecular weight is 568 g/mol. The summed E-state index contributed by atoms with van der Waals surface area (Å²) in [5.41, 5.74) is 0.237. The van der Waals surface area contributed by atoms with Crippen LogP contribution in [0.25, 0.3) is 10.4 Å². The minimum absolute atomic E-state index is 0. The summed E-state index contributed by atoms with van der Waals surface area (Å²) in [5.74, 6) is 1.30. The summed E-state index contributed by atoms with van der Waals surface area (Å²) in [4.78, 5) is 9.93. The zero-order chi connectivity index (χ0) is 20.9. The Bertz CT molecular complexity index is 971. The lowest BCUT2D eigenvalue weighted by molar-refractivity contribution is -0.140. The van der Waals surface area contributed by atoms with Crippen molar-refractivity contribution < 1.29 is 17.9 Å². The fraction of sp³-hybridized carbons (Fsp3) is 0.263. The highest BCUT2D eigenvalue weighted by Crippen LogP contribution is 2.30. The van der Waals surface area contributed by atoms with E-state index in [4.69, 9.17) is 4.74 Å². The number of aliphatic imine (C=N–C) groups is 1. The highest BCUT2D eigenvalue weighted by molar-refractivity contribution is 14.0. The normalized spacial score (nSPS) is 11.7. The molecule has 1 aromatic carbocycles. The molecule has 0 aliphatic heterocycles. The zero-order valence-corrected chi connectivity index (χ0v) is 20.1. The number of benzene rings is 1. The van der Waals surface area contributed by atoms with Crippen molar-refractivity contribution in [2.24, 2.45) is 4.99 Å². The van der Waals surface area contributed by atoms with Gasteiger partial charge in [-0.15, -0.1) is 46.7 Å². The van der Waals surface area contributed by atoms with Crippen molar-refractivity contribution in [2.45, 2.75) is 19.3 Å². The molecule has 2 aromatic heterocycles. The molecule has 0 radical (unpaired) electrons. The summed E-state index contributed by atoms with van der Waals surface area (Å²) in [5, 5.41) is 7.50. The van der Waals surface area contributed by atoms with Gasteiger partial charge < -0.3 is 15.4 Å². The minimum Gasteiger partial charge on any atom is -0.497 e. The molecular formula is C19H20F3IN4OS2. The largest absolute Gasteiger partial charge is 0.497 e. The molecule has 0 aliphatic rings. The Morgan fingerprint density at radius 1 is 1.10 bits per heavy atom. The molecule has 0 aliphatic carbocycles. The molecule has 5 nitrogen and oxygen atoms in total. The summed E-state index contributed by atoms with van der Waals surface area (Å²) >= 11 is 2.61. The van der Waals surface area contributed by atoms with Crippen LogP contribution in [0.3, 0.4) is 0 Å². The summed E-state index contributed by atoms with van der Waals surface area (Å²) in [6.07, 6.45) is -4.42. The van der Waals surface area contributed by atoms with Gasteiger partial charge >= 0.3 is 6.18 Å². The number of nitrogens with one attached hydrogen (secondary N) is 2. The van der Waals surface area contributed by atoms with Crippen molar-refractivity contribution in [1.29, 1.82) is 0 Å². The lowest BCUT2D eigenvalue weighted by Gasteiger charge is -2.10. The van der Waals surface area contributed by atoms with Crippen LogP contribution >= 0.6 is 46.7 Å². The van der Waals surface area contributed by atoms with E-state index in [0.717, 1.165) is 37.8 Å². The SMILES string of the molecule is CN=C(NCc1ccc(-c2ccc(OC)cc2)s1)NCc1nc(C(F)(F)F)cs1.I. The molecular weight excluding hydrogens is 548 g/mol. The smallest absolute Gasteiger partial charge is 0.434 e. The maximum absolute atomic E-state index is 12.6. The predicted molar refractivity (Wildman–Crippen MR) is 126 cm³/mol. The van der Waals surface area contributed by atoms with Crippen LogP contribution in [0, 0.1) is 0 Å². The fourth-order valence-corrected chi connectivity index (χ4v) is 4.15. The second kappa shape index (κ2) is 11.0. The van der Waals surface area contributed by atoms with Crippen molar-refractivity contribution in [2.75, 3.05) is 14.2 Å². The molecule has 0 spiro atoms. The third kappa shape index (κ3) is 6.57. The highest BCUT2D eigenvalue weighted by atomic mass is 127. The van der Waals surface area contributed by atoms with E-state index in [1.807, 2.05) is 36.4 Å². The summed E-state index contributed by atoms with van der Waals surface area (Å²) in [7, 11) is 3.24. The zero-order valence-electron chi connectivity index (χ0n) is 16.1. The molecule has 0 bridgehead atoms. The second-order valence-corrected chi connectivity index (χ2v) is 8.01. The molecule has 30 heavy (non-hydrogen) atoms. The van der Waals surface area contributed by atoms with Crippen molar-refractivity contribution in [1.82, 2.24) is 15.6 Å². The number of guanidine groups is 1. The Balaban J connectivity index is 0.00000320. The Kier molecular flexibility index (Phi) is 8.92. The first-order valence-corrected chi connectivity index (χ1v) is 10.3. The van der Waals surface area contributed by atoms with E-state index in [9.17, 15) is 13.2 Å². The molecule has 0 amide bonds. The Morgan fingerprint density at radius 3 is 2.40 bits per heavy atom. The van der Waals surface area contributed by atoms with Gasteiger partial charge in [0.2, 0.25) is 0 Å². The van der Waals surface area contributed by atoms with Crippen molar-refractivity contribution in [3.05, 3.63) is 57.4 Å². The Labute approximate surface area is 197 Å². The number of halogens is 4. The molecule has 11 heteroatoms. The van der Waals surface area contributed by atoms with E-state index in [1.54, 1.807) is 25.5 Å². The Hall–Kier alpha value is -1.86. The average Bonchev–Trinajstić information content (AvgIpc) is 3.38. The van der Waals surface area contributed by atoms with Gasteiger partial charge in [-0.1, -0.05) is 0 Å². The van der Waals surface area contributed by atoms with Gasteiger partial charge in [-0.3, -0.25) is 4.99 Å². The second-order valence-electron chi connectivity index (χ2n) is 5.90. The molecule has 0 atom stereocenters.